The van der Waals surface area contributed by atoms with Gasteiger partial charge in [-0.1, -0.05) is 42.2 Å². The Morgan fingerprint density at radius 1 is 1.03 bits per heavy atom. The van der Waals surface area contributed by atoms with E-state index in [2.05, 4.69) is 54.9 Å². The number of nitrogens with one attached hydrogen (secondary N) is 1. The standard InChI is InChI=1S/C21H24N6OS2/c1-2-19-24-26-21(30-19)22-18(28)14-29-20-11-10-17(23-25-20)15-6-8-16(9-7-15)27-12-4-3-5-13-27/h6-11H,2-5,12-14H2,1H3,(H,22,26,28). The molecule has 7 nitrogen and oxygen atoms in total. The average molecular weight is 441 g/mol. The summed E-state index contributed by atoms with van der Waals surface area (Å²) in [6, 6.07) is 12.4. The maximum atomic E-state index is 12.1. The van der Waals surface area contributed by atoms with Crippen LogP contribution in [-0.2, 0) is 11.2 Å². The van der Waals surface area contributed by atoms with Crippen molar-refractivity contribution in [3.05, 3.63) is 41.4 Å². The lowest BCUT2D eigenvalue weighted by Gasteiger charge is -2.28. The van der Waals surface area contributed by atoms with Crippen LogP contribution in [0.15, 0.2) is 41.4 Å². The molecule has 3 heterocycles. The lowest BCUT2D eigenvalue weighted by Crippen LogP contribution is -2.29. The van der Waals surface area contributed by atoms with Crippen molar-refractivity contribution in [2.75, 3.05) is 29.1 Å². The summed E-state index contributed by atoms with van der Waals surface area (Å²) in [5.41, 5.74) is 3.14. The minimum atomic E-state index is -0.127. The van der Waals surface area contributed by atoms with Crippen LogP contribution >= 0.6 is 23.1 Å². The smallest absolute Gasteiger partial charge is 0.236 e. The summed E-state index contributed by atoms with van der Waals surface area (Å²) in [6.07, 6.45) is 4.68. The molecule has 30 heavy (non-hydrogen) atoms. The van der Waals surface area contributed by atoms with Crippen LogP contribution in [-0.4, -0.2) is 45.1 Å². The molecule has 1 aliphatic rings. The second-order valence-electron chi connectivity index (χ2n) is 7.04. The number of carbonyl (C=O) groups is 1. The van der Waals surface area contributed by atoms with Gasteiger partial charge in [0, 0.05) is 24.3 Å². The van der Waals surface area contributed by atoms with Crippen LogP contribution in [0.4, 0.5) is 10.8 Å². The van der Waals surface area contributed by atoms with E-state index in [4.69, 9.17) is 0 Å². The van der Waals surface area contributed by atoms with E-state index in [1.165, 1.54) is 48.0 Å². The van der Waals surface area contributed by atoms with Gasteiger partial charge in [-0.2, -0.15) is 0 Å². The zero-order valence-corrected chi connectivity index (χ0v) is 18.5. The Kier molecular flexibility index (Phi) is 6.91. The highest BCUT2D eigenvalue weighted by Gasteiger charge is 2.12. The molecule has 1 N–H and O–H groups in total. The first-order valence-corrected chi connectivity index (χ1v) is 12.0. The topological polar surface area (TPSA) is 83.9 Å². The molecular weight excluding hydrogens is 416 g/mol. The van der Waals surface area contributed by atoms with Gasteiger partial charge in [0.25, 0.3) is 0 Å². The monoisotopic (exact) mass is 440 g/mol. The maximum absolute atomic E-state index is 12.1. The molecule has 1 aromatic carbocycles. The predicted molar refractivity (Wildman–Crippen MR) is 122 cm³/mol. The first-order chi connectivity index (χ1) is 14.7. The zero-order chi connectivity index (χ0) is 20.8. The van der Waals surface area contributed by atoms with Gasteiger partial charge in [0.05, 0.1) is 11.4 Å². The predicted octanol–water partition coefficient (Wildman–Crippen LogP) is 4.28. The van der Waals surface area contributed by atoms with Crippen molar-refractivity contribution in [3.8, 4) is 11.3 Å². The Morgan fingerprint density at radius 3 is 2.50 bits per heavy atom. The Labute approximate surface area is 184 Å². The van der Waals surface area contributed by atoms with Crippen molar-refractivity contribution >= 4 is 39.8 Å². The van der Waals surface area contributed by atoms with Crippen LogP contribution in [0.5, 0.6) is 0 Å². The lowest BCUT2D eigenvalue weighted by molar-refractivity contribution is -0.113. The molecular formula is C21H24N6OS2. The number of carbonyl (C=O) groups excluding carboxylic acids is 1. The second kappa shape index (κ2) is 9.99. The summed E-state index contributed by atoms with van der Waals surface area (Å²) >= 11 is 2.75. The molecule has 0 radical (unpaired) electrons. The number of aromatic nitrogens is 4. The van der Waals surface area contributed by atoms with Gasteiger partial charge in [0.2, 0.25) is 11.0 Å². The van der Waals surface area contributed by atoms with Crippen LogP contribution < -0.4 is 10.2 Å². The molecule has 1 fully saturated rings. The Bertz CT molecular complexity index is 968. The number of aryl methyl sites for hydroxylation is 1. The van der Waals surface area contributed by atoms with Crippen LogP contribution in [0.2, 0.25) is 0 Å². The number of benzene rings is 1. The minimum Gasteiger partial charge on any atom is -0.372 e. The molecule has 0 saturated carbocycles. The van der Waals surface area contributed by atoms with Gasteiger partial charge in [-0.3, -0.25) is 10.1 Å². The molecule has 1 aliphatic heterocycles. The van der Waals surface area contributed by atoms with Gasteiger partial charge in [-0.15, -0.1) is 20.4 Å². The molecule has 0 aliphatic carbocycles. The Hall–Kier alpha value is -2.52. The third-order valence-electron chi connectivity index (χ3n) is 4.89. The molecule has 1 amide bonds. The second-order valence-corrected chi connectivity index (χ2v) is 9.10. The number of nitrogens with zero attached hydrogens (tertiary/aromatic N) is 5. The average Bonchev–Trinajstić information content (AvgIpc) is 3.26. The van der Waals surface area contributed by atoms with Gasteiger partial charge >= 0.3 is 0 Å². The fourth-order valence-electron chi connectivity index (χ4n) is 3.29. The first-order valence-electron chi connectivity index (χ1n) is 10.2. The van der Waals surface area contributed by atoms with Gasteiger partial charge in [-0.25, -0.2) is 0 Å². The number of piperidine rings is 1. The van der Waals surface area contributed by atoms with Crippen molar-refractivity contribution in [1.82, 2.24) is 20.4 Å². The summed E-state index contributed by atoms with van der Waals surface area (Å²) in [5, 5.41) is 21.5. The molecule has 4 rings (SSSR count). The summed E-state index contributed by atoms with van der Waals surface area (Å²) < 4.78 is 0. The number of thioether (sulfide) groups is 1. The van der Waals surface area contributed by atoms with Crippen molar-refractivity contribution in [2.45, 2.75) is 37.6 Å². The molecule has 0 atom stereocenters. The van der Waals surface area contributed by atoms with Gasteiger partial charge in [-0.05, 0) is 49.9 Å². The van der Waals surface area contributed by atoms with E-state index in [0.717, 1.165) is 35.8 Å². The number of rotatable bonds is 7. The summed E-state index contributed by atoms with van der Waals surface area (Å²) in [4.78, 5) is 14.5. The minimum absolute atomic E-state index is 0.127. The highest BCUT2D eigenvalue weighted by Crippen LogP contribution is 2.25. The Morgan fingerprint density at radius 2 is 1.83 bits per heavy atom. The maximum Gasteiger partial charge on any atom is 0.236 e. The highest BCUT2D eigenvalue weighted by atomic mass is 32.2. The first kappa shape index (κ1) is 20.7. The molecule has 9 heteroatoms. The van der Waals surface area contributed by atoms with Crippen molar-refractivity contribution in [3.63, 3.8) is 0 Å². The van der Waals surface area contributed by atoms with Crippen LogP contribution in [0.25, 0.3) is 11.3 Å². The molecule has 156 valence electrons. The fourth-order valence-corrected chi connectivity index (χ4v) is 4.60. The lowest BCUT2D eigenvalue weighted by atomic mass is 10.1. The van der Waals surface area contributed by atoms with Gasteiger partial charge in [0.1, 0.15) is 10.0 Å². The van der Waals surface area contributed by atoms with E-state index in [9.17, 15) is 4.79 Å². The number of hydrogen-bond donors (Lipinski definition) is 1. The van der Waals surface area contributed by atoms with Crippen molar-refractivity contribution in [1.29, 1.82) is 0 Å². The number of anilines is 2. The third kappa shape index (κ3) is 5.34. The summed E-state index contributed by atoms with van der Waals surface area (Å²) in [6.45, 7) is 4.28. The third-order valence-corrected chi connectivity index (χ3v) is 6.79. The van der Waals surface area contributed by atoms with Crippen LogP contribution in [0.3, 0.4) is 0 Å². The van der Waals surface area contributed by atoms with Gasteiger partial charge < -0.3 is 4.90 Å². The molecule has 0 unspecified atom stereocenters. The SMILES string of the molecule is CCc1nnc(NC(=O)CSc2ccc(-c3ccc(N4CCCCC4)cc3)nn2)s1. The Balaban J connectivity index is 1.30. The fraction of sp³-hybridized carbons (Fsp3) is 0.381. The van der Waals surface area contributed by atoms with E-state index in [0.29, 0.717) is 10.2 Å². The van der Waals surface area contributed by atoms with Gasteiger partial charge in [0.15, 0.2) is 0 Å². The molecule has 2 aromatic heterocycles. The van der Waals surface area contributed by atoms with E-state index < -0.39 is 0 Å². The number of hydrogen-bond acceptors (Lipinski definition) is 8. The van der Waals surface area contributed by atoms with Crippen molar-refractivity contribution < 1.29 is 4.79 Å². The van der Waals surface area contributed by atoms with Crippen LogP contribution in [0, 0.1) is 0 Å². The van der Waals surface area contributed by atoms with E-state index in [1.54, 1.807) is 0 Å². The van der Waals surface area contributed by atoms with Crippen molar-refractivity contribution in [2.24, 2.45) is 0 Å². The normalized spacial score (nSPS) is 14.0. The van der Waals surface area contributed by atoms with Crippen LogP contribution in [0.1, 0.15) is 31.2 Å². The van der Waals surface area contributed by atoms with E-state index >= 15 is 0 Å². The summed E-state index contributed by atoms with van der Waals surface area (Å²) in [7, 11) is 0. The molecule has 1 saturated heterocycles. The molecule has 0 spiro atoms. The largest absolute Gasteiger partial charge is 0.372 e. The molecule has 0 bridgehead atoms. The quantitative estimate of drug-likeness (QED) is 0.549. The highest BCUT2D eigenvalue weighted by molar-refractivity contribution is 7.99. The molecule has 3 aromatic rings. The van der Waals surface area contributed by atoms with E-state index in [-0.39, 0.29) is 11.7 Å². The zero-order valence-electron chi connectivity index (χ0n) is 16.9. The summed E-state index contributed by atoms with van der Waals surface area (Å²) in [5.74, 6) is 0.123. The number of amides is 1. The van der Waals surface area contributed by atoms with E-state index in [1.807, 2.05) is 19.1 Å².